The van der Waals surface area contributed by atoms with Crippen molar-refractivity contribution < 1.29 is 17.5 Å². The molecule has 0 saturated carbocycles. The maximum absolute atomic E-state index is 10.6. The zero-order chi connectivity index (χ0) is 13.0. The first-order valence-electron chi connectivity index (χ1n) is 5.25. The highest BCUT2D eigenvalue weighted by Gasteiger charge is 2.09. The number of hydrogen-bond acceptors (Lipinski definition) is 4. The Labute approximate surface area is 105 Å². The van der Waals surface area contributed by atoms with Gasteiger partial charge >= 0.3 is 0 Å². The molecule has 2 heterocycles. The molecule has 1 N–H and O–H groups in total. The van der Waals surface area contributed by atoms with Crippen LogP contribution < -0.4 is 4.57 Å². The van der Waals surface area contributed by atoms with Gasteiger partial charge in [-0.25, -0.2) is 4.57 Å². The van der Waals surface area contributed by atoms with Crippen LogP contribution in [0, 0.1) is 0 Å². The lowest BCUT2D eigenvalue weighted by Crippen LogP contribution is -2.36. The Morgan fingerprint density at radius 3 is 2.50 bits per heavy atom. The van der Waals surface area contributed by atoms with Gasteiger partial charge < -0.3 is 0 Å². The molecule has 0 radical (unpaired) electrons. The van der Waals surface area contributed by atoms with Gasteiger partial charge in [-0.3, -0.25) is 14.5 Å². The third-order valence-corrected chi connectivity index (χ3v) is 3.06. The minimum absolute atomic E-state index is 0.208. The molecule has 0 amide bonds. The summed E-state index contributed by atoms with van der Waals surface area (Å²) in [6, 6.07) is 3.63. The van der Waals surface area contributed by atoms with Crippen molar-refractivity contribution in [2.24, 2.45) is 0 Å². The van der Waals surface area contributed by atoms with Gasteiger partial charge in [-0.1, -0.05) is 0 Å². The maximum Gasteiger partial charge on any atom is 0.271 e. The summed E-state index contributed by atoms with van der Waals surface area (Å²) in [5, 5.41) is 0. The van der Waals surface area contributed by atoms with E-state index in [1.165, 1.54) is 0 Å². The van der Waals surface area contributed by atoms with Crippen LogP contribution in [0.1, 0.15) is 0 Å². The van der Waals surface area contributed by atoms with Crippen LogP contribution in [0.15, 0.2) is 43.1 Å². The van der Waals surface area contributed by atoms with E-state index < -0.39 is 10.1 Å². The molecule has 18 heavy (non-hydrogen) atoms. The van der Waals surface area contributed by atoms with Crippen LogP contribution in [0.4, 0.5) is 0 Å². The van der Waals surface area contributed by atoms with Crippen LogP contribution in [0.25, 0.3) is 11.3 Å². The molecule has 0 saturated heterocycles. The van der Waals surface area contributed by atoms with Crippen LogP contribution in [0.2, 0.25) is 0 Å². The molecule has 2 rings (SSSR count). The van der Waals surface area contributed by atoms with Crippen molar-refractivity contribution in [2.75, 3.05) is 5.75 Å². The second-order valence-electron chi connectivity index (χ2n) is 3.70. The third kappa shape index (κ3) is 3.57. The number of hydrogen-bond donors (Lipinski definition) is 1. The van der Waals surface area contributed by atoms with Crippen molar-refractivity contribution in [1.29, 1.82) is 0 Å². The zero-order valence-corrected chi connectivity index (χ0v) is 10.3. The lowest BCUT2D eigenvalue weighted by atomic mass is 10.2. The minimum atomic E-state index is -3.93. The van der Waals surface area contributed by atoms with Crippen LogP contribution in [0.5, 0.6) is 0 Å². The van der Waals surface area contributed by atoms with Crippen molar-refractivity contribution in [3.05, 3.63) is 43.1 Å². The molecule has 6 nitrogen and oxygen atoms in total. The van der Waals surface area contributed by atoms with Gasteiger partial charge in [0.2, 0.25) is 0 Å². The Hall–Kier alpha value is -1.86. The van der Waals surface area contributed by atoms with Gasteiger partial charge in [0.15, 0.2) is 18.9 Å². The fourth-order valence-corrected chi connectivity index (χ4v) is 1.89. The summed E-state index contributed by atoms with van der Waals surface area (Å²) in [6.45, 7) is 0.208. The van der Waals surface area contributed by atoms with Gasteiger partial charge in [0.1, 0.15) is 5.75 Å². The Morgan fingerprint density at radius 1 is 1.22 bits per heavy atom. The van der Waals surface area contributed by atoms with E-state index in [9.17, 15) is 8.42 Å². The molecular weight excluding hydrogens is 254 g/mol. The predicted octanol–water partition coefficient (Wildman–Crippen LogP) is 0.319. The second kappa shape index (κ2) is 5.19. The molecule has 0 aliphatic rings. The zero-order valence-electron chi connectivity index (χ0n) is 9.47. The molecule has 0 aliphatic heterocycles. The Balaban J connectivity index is 2.11. The number of rotatable bonds is 4. The molecule has 2 aromatic heterocycles. The Kier molecular flexibility index (Phi) is 3.63. The van der Waals surface area contributed by atoms with Gasteiger partial charge in [0.05, 0.1) is 11.9 Å². The molecule has 94 valence electrons. The van der Waals surface area contributed by atoms with E-state index in [4.69, 9.17) is 4.55 Å². The van der Waals surface area contributed by atoms with Crippen LogP contribution in [0.3, 0.4) is 0 Å². The molecule has 2 aromatic rings. The number of nitrogens with zero attached hydrogens (tertiary/aromatic N) is 3. The van der Waals surface area contributed by atoms with E-state index in [2.05, 4.69) is 9.97 Å². The SMILES string of the molecule is O=S(=O)(O)CC[n+]1ccc(-c2cnccn2)cc1. The highest BCUT2D eigenvalue weighted by molar-refractivity contribution is 7.85. The van der Waals surface area contributed by atoms with Crippen molar-refractivity contribution in [2.45, 2.75) is 6.54 Å². The lowest BCUT2D eigenvalue weighted by Gasteiger charge is -1.99. The smallest absolute Gasteiger partial charge is 0.271 e. The number of aryl methyl sites for hydroxylation is 1. The van der Waals surface area contributed by atoms with Crippen molar-refractivity contribution in [3.8, 4) is 11.3 Å². The quantitative estimate of drug-likeness (QED) is 0.636. The van der Waals surface area contributed by atoms with E-state index in [0.717, 1.165) is 11.3 Å². The van der Waals surface area contributed by atoms with Gasteiger partial charge in [-0.05, 0) is 0 Å². The van der Waals surface area contributed by atoms with Crippen molar-refractivity contribution >= 4 is 10.1 Å². The molecule has 0 atom stereocenters. The van der Waals surface area contributed by atoms with Crippen molar-refractivity contribution in [1.82, 2.24) is 9.97 Å². The molecule has 0 unspecified atom stereocenters. The summed E-state index contributed by atoms with van der Waals surface area (Å²) in [6.07, 6.45) is 8.32. The molecule has 0 fully saturated rings. The van der Waals surface area contributed by atoms with Gasteiger partial charge in [0.25, 0.3) is 10.1 Å². The van der Waals surface area contributed by atoms with Gasteiger partial charge in [-0.15, -0.1) is 0 Å². The average Bonchev–Trinajstić information content (AvgIpc) is 2.37. The summed E-state index contributed by atoms with van der Waals surface area (Å²) < 4.78 is 31.6. The van der Waals surface area contributed by atoms with Crippen LogP contribution in [-0.4, -0.2) is 28.7 Å². The molecule has 7 heteroatoms. The summed E-state index contributed by atoms with van der Waals surface area (Å²) in [5.41, 5.74) is 1.64. The van der Waals surface area contributed by atoms with E-state index in [1.807, 2.05) is 12.1 Å². The minimum Gasteiger partial charge on any atom is -0.285 e. The molecule has 0 aliphatic carbocycles. The van der Waals surface area contributed by atoms with E-state index >= 15 is 0 Å². The summed E-state index contributed by atoms with van der Waals surface area (Å²) in [5.74, 6) is -0.303. The topological polar surface area (TPSA) is 84.0 Å². The molecule has 0 aromatic carbocycles. The summed E-state index contributed by atoms with van der Waals surface area (Å²) >= 11 is 0. The highest BCUT2D eigenvalue weighted by Crippen LogP contribution is 2.12. The Morgan fingerprint density at radius 2 is 1.94 bits per heavy atom. The van der Waals surface area contributed by atoms with E-state index in [-0.39, 0.29) is 12.3 Å². The predicted molar refractivity (Wildman–Crippen MR) is 64.1 cm³/mol. The summed E-state index contributed by atoms with van der Waals surface area (Å²) in [4.78, 5) is 8.13. The first kappa shape index (κ1) is 12.6. The van der Waals surface area contributed by atoms with Crippen LogP contribution >= 0.6 is 0 Å². The first-order valence-corrected chi connectivity index (χ1v) is 6.86. The normalized spacial score (nSPS) is 11.4. The average molecular weight is 266 g/mol. The lowest BCUT2D eigenvalue weighted by molar-refractivity contribution is -0.692. The highest BCUT2D eigenvalue weighted by atomic mass is 32.2. The fourth-order valence-electron chi connectivity index (χ4n) is 1.45. The first-order chi connectivity index (χ1) is 8.54. The second-order valence-corrected chi connectivity index (χ2v) is 5.27. The van der Waals surface area contributed by atoms with E-state index in [1.54, 1.807) is 35.6 Å². The summed E-state index contributed by atoms with van der Waals surface area (Å²) in [7, 11) is -3.93. The Bertz CT molecular complexity index is 612. The molecule has 0 bridgehead atoms. The van der Waals surface area contributed by atoms with Crippen molar-refractivity contribution in [3.63, 3.8) is 0 Å². The third-order valence-electron chi connectivity index (χ3n) is 2.36. The fraction of sp³-hybridized carbons (Fsp3) is 0.182. The van der Waals surface area contributed by atoms with Gasteiger partial charge in [-0.2, -0.15) is 8.42 Å². The standard InChI is InChI=1S/C11H11N3O3S/c15-18(16,17)8-7-14-5-1-10(2-6-14)11-9-12-3-4-13-11/h1-6,9H,7-8H2/p+1. The monoisotopic (exact) mass is 266 g/mol. The largest absolute Gasteiger partial charge is 0.285 e. The molecular formula is C11H12N3O3S+. The molecule has 0 spiro atoms. The van der Waals surface area contributed by atoms with Crippen LogP contribution in [-0.2, 0) is 16.7 Å². The number of aromatic nitrogens is 3. The van der Waals surface area contributed by atoms with E-state index in [0.29, 0.717) is 0 Å². The van der Waals surface area contributed by atoms with Gasteiger partial charge in [0, 0.05) is 30.1 Å². The number of pyridine rings is 1. The maximum atomic E-state index is 10.6.